The molecule has 1 aliphatic heterocycles. The van der Waals surface area contributed by atoms with Crippen LogP contribution in [0.3, 0.4) is 0 Å². The predicted molar refractivity (Wildman–Crippen MR) is 107 cm³/mol. The lowest BCUT2D eigenvalue weighted by Crippen LogP contribution is -2.56. The van der Waals surface area contributed by atoms with E-state index in [0.717, 1.165) is 24.6 Å². The molecule has 5 nitrogen and oxygen atoms in total. The third-order valence-electron chi connectivity index (χ3n) is 4.90. The zero-order chi connectivity index (χ0) is 20.7. The van der Waals surface area contributed by atoms with Gasteiger partial charge in [-0.1, -0.05) is 24.3 Å². The normalized spacial score (nSPS) is 17.9. The van der Waals surface area contributed by atoms with Gasteiger partial charge in [-0.2, -0.15) is 13.2 Å². The van der Waals surface area contributed by atoms with Gasteiger partial charge in [-0.05, 0) is 39.1 Å². The number of rotatable bonds is 6. The molecule has 0 saturated carbocycles. The molecule has 0 aromatic heterocycles. The number of nitrogens with one attached hydrogen (secondary N) is 1. The third kappa shape index (κ3) is 6.67. The van der Waals surface area contributed by atoms with Crippen molar-refractivity contribution in [2.75, 3.05) is 46.8 Å². The summed E-state index contributed by atoms with van der Waals surface area (Å²) in [5.41, 5.74) is 2.36. The molecule has 1 aliphatic rings. The number of alkyl halides is 3. The maximum absolute atomic E-state index is 12.9. The van der Waals surface area contributed by atoms with Crippen LogP contribution in [-0.2, 0) is 13.1 Å². The summed E-state index contributed by atoms with van der Waals surface area (Å²) < 4.78 is 38.8. The fraction of sp³-hybridized carbons (Fsp3) is 0.650. The summed E-state index contributed by atoms with van der Waals surface area (Å²) in [4.78, 5) is 10.4. The first-order valence-corrected chi connectivity index (χ1v) is 9.77. The van der Waals surface area contributed by atoms with E-state index in [1.807, 2.05) is 25.9 Å². The Morgan fingerprint density at radius 1 is 1.11 bits per heavy atom. The highest BCUT2D eigenvalue weighted by molar-refractivity contribution is 5.80. The summed E-state index contributed by atoms with van der Waals surface area (Å²) in [6.45, 7) is 7.22. The Kier molecular flexibility index (Phi) is 8.12. The fourth-order valence-electron chi connectivity index (χ4n) is 3.24. The highest BCUT2D eigenvalue weighted by Gasteiger charge is 2.41. The minimum Gasteiger partial charge on any atom is -0.357 e. The van der Waals surface area contributed by atoms with Gasteiger partial charge in [-0.25, -0.2) is 4.99 Å². The number of nitrogens with zero attached hydrogens (tertiary/aromatic N) is 4. The van der Waals surface area contributed by atoms with Crippen molar-refractivity contribution in [2.24, 2.45) is 4.99 Å². The first-order chi connectivity index (χ1) is 13.2. The summed E-state index contributed by atoms with van der Waals surface area (Å²) in [5.74, 6) is 0.763. The van der Waals surface area contributed by atoms with Crippen molar-refractivity contribution in [1.29, 1.82) is 0 Å². The number of piperazine rings is 1. The van der Waals surface area contributed by atoms with Crippen molar-refractivity contribution in [3.05, 3.63) is 35.4 Å². The zero-order valence-electron chi connectivity index (χ0n) is 17.3. The molecule has 0 bridgehead atoms. The van der Waals surface area contributed by atoms with E-state index in [1.165, 1.54) is 17.4 Å². The summed E-state index contributed by atoms with van der Waals surface area (Å²) in [6.07, 6.45) is -4.18. The average Bonchev–Trinajstić information content (AvgIpc) is 2.65. The van der Waals surface area contributed by atoms with E-state index < -0.39 is 12.2 Å². The van der Waals surface area contributed by atoms with Crippen LogP contribution in [0.25, 0.3) is 0 Å². The molecule has 1 unspecified atom stereocenters. The van der Waals surface area contributed by atoms with Gasteiger partial charge in [-0.15, -0.1) is 0 Å². The number of hydrogen-bond acceptors (Lipinski definition) is 3. The first-order valence-electron chi connectivity index (χ1n) is 9.77. The average molecular weight is 400 g/mol. The summed E-state index contributed by atoms with van der Waals surface area (Å²) in [6, 6.07) is 6.96. The van der Waals surface area contributed by atoms with Crippen LogP contribution >= 0.6 is 0 Å². The molecule has 158 valence electrons. The van der Waals surface area contributed by atoms with Crippen molar-refractivity contribution in [3.63, 3.8) is 0 Å². The van der Waals surface area contributed by atoms with Crippen LogP contribution in [0.1, 0.15) is 25.0 Å². The van der Waals surface area contributed by atoms with Gasteiger partial charge in [0, 0.05) is 39.3 Å². The first kappa shape index (κ1) is 22.5. The van der Waals surface area contributed by atoms with E-state index in [2.05, 4.69) is 34.5 Å². The van der Waals surface area contributed by atoms with E-state index in [0.29, 0.717) is 32.7 Å². The van der Waals surface area contributed by atoms with Crippen molar-refractivity contribution in [1.82, 2.24) is 20.0 Å². The van der Waals surface area contributed by atoms with E-state index >= 15 is 0 Å². The molecule has 0 aliphatic carbocycles. The molecule has 0 radical (unpaired) electrons. The zero-order valence-corrected chi connectivity index (χ0v) is 17.3. The Morgan fingerprint density at radius 3 is 2.18 bits per heavy atom. The summed E-state index contributed by atoms with van der Waals surface area (Å²) in [7, 11) is 4.08. The van der Waals surface area contributed by atoms with E-state index in [4.69, 9.17) is 4.99 Å². The van der Waals surface area contributed by atoms with Crippen LogP contribution < -0.4 is 5.32 Å². The Hall–Kier alpha value is -1.80. The molecule has 2 rings (SSSR count). The molecular formula is C20H32F3N5. The van der Waals surface area contributed by atoms with Gasteiger partial charge in [0.15, 0.2) is 5.96 Å². The highest BCUT2D eigenvalue weighted by atomic mass is 19.4. The van der Waals surface area contributed by atoms with Crippen LogP contribution in [0, 0.1) is 0 Å². The quantitative estimate of drug-likeness (QED) is 0.589. The van der Waals surface area contributed by atoms with Crippen LogP contribution in [0.4, 0.5) is 13.2 Å². The van der Waals surface area contributed by atoms with Crippen molar-refractivity contribution in [2.45, 2.75) is 39.2 Å². The molecule has 1 fully saturated rings. The number of guanidine groups is 1. The van der Waals surface area contributed by atoms with E-state index in [9.17, 15) is 13.2 Å². The monoisotopic (exact) mass is 399 g/mol. The molecule has 8 heteroatoms. The lowest BCUT2D eigenvalue weighted by molar-refractivity contribution is -0.181. The second-order valence-corrected chi connectivity index (χ2v) is 7.47. The van der Waals surface area contributed by atoms with Crippen LogP contribution in [0.2, 0.25) is 0 Å². The Balaban J connectivity index is 1.95. The molecule has 1 aromatic rings. The molecule has 1 aromatic carbocycles. The van der Waals surface area contributed by atoms with Gasteiger partial charge >= 0.3 is 6.18 Å². The summed E-state index contributed by atoms with van der Waals surface area (Å²) in [5, 5.41) is 3.26. The molecular weight excluding hydrogens is 367 g/mol. The lowest BCUT2D eigenvalue weighted by Gasteiger charge is -2.39. The standard InChI is InChI=1S/C20H32F3N5/c1-5-24-19(25-14-17-6-8-18(9-7-17)15-26(3)4)28-12-10-27(11-13-28)16(2)20(21,22)23/h6-9,16H,5,10-15H2,1-4H3,(H,24,25). The summed E-state index contributed by atoms with van der Waals surface area (Å²) >= 11 is 0. The van der Waals surface area contributed by atoms with Crippen molar-refractivity contribution >= 4 is 5.96 Å². The Labute approximate surface area is 166 Å². The van der Waals surface area contributed by atoms with Crippen molar-refractivity contribution < 1.29 is 13.2 Å². The SMILES string of the molecule is CCNC(=NCc1ccc(CN(C)C)cc1)N1CCN(C(C)C(F)(F)F)CC1. The highest BCUT2D eigenvalue weighted by Crippen LogP contribution is 2.25. The predicted octanol–water partition coefficient (Wildman–Crippen LogP) is 2.78. The second-order valence-electron chi connectivity index (χ2n) is 7.47. The Morgan fingerprint density at radius 2 is 1.68 bits per heavy atom. The van der Waals surface area contributed by atoms with E-state index in [1.54, 1.807) is 0 Å². The molecule has 1 saturated heterocycles. The van der Waals surface area contributed by atoms with Crippen LogP contribution in [-0.4, -0.2) is 79.7 Å². The second kappa shape index (κ2) is 10.1. The number of halogens is 3. The molecule has 1 N–H and O–H groups in total. The van der Waals surface area contributed by atoms with Gasteiger partial charge in [0.25, 0.3) is 0 Å². The number of benzene rings is 1. The van der Waals surface area contributed by atoms with Gasteiger partial charge < -0.3 is 15.1 Å². The third-order valence-corrected chi connectivity index (χ3v) is 4.90. The molecule has 28 heavy (non-hydrogen) atoms. The van der Waals surface area contributed by atoms with Gasteiger partial charge in [-0.3, -0.25) is 4.90 Å². The molecule has 0 spiro atoms. The minimum atomic E-state index is -4.18. The van der Waals surface area contributed by atoms with Gasteiger partial charge in [0.05, 0.1) is 6.54 Å². The smallest absolute Gasteiger partial charge is 0.357 e. The topological polar surface area (TPSA) is 34.1 Å². The molecule has 0 amide bonds. The number of aliphatic imine (C=N–C) groups is 1. The molecule has 1 atom stereocenters. The Bertz CT molecular complexity index is 620. The van der Waals surface area contributed by atoms with Crippen LogP contribution in [0.15, 0.2) is 29.3 Å². The van der Waals surface area contributed by atoms with Crippen LogP contribution in [0.5, 0.6) is 0 Å². The number of hydrogen-bond donors (Lipinski definition) is 1. The minimum absolute atomic E-state index is 0.379. The van der Waals surface area contributed by atoms with E-state index in [-0.39, 0.29) is 0 Å². The maximum Gasteiger partial charge on any atom is 0.403 e. The lowest BCUT2D eigenvalue weighted by atomic mass is 10.1. The van der Waals surface area contributed by atoms with Crippen molar-refractivity contribution in [3.8, 4) is 0 Å². The van der Waals surface area contributed by atoms with Gasteiger partial charge in [0.1, 0.15) is 6.04 Å². The largest absolute Gasteiger partial charge is 0.403 e. The van der Waals surface area contributed by atoms with Gasteiger partial charge in [0.2, 0.25) is 0 Å². The fourth-order valence-corrected chi connectivity index (χ4v) is 3.24. The molecule has 1 heterocycles. The maximum atomic E-state index is 12.9.